The van der Waals surface area contributed by atoms with E-state index >= 15 is 0 Å². The van der Waals surface area contributed by atoms with E-state index < -0.39 is 11.9 Å². The van der Waals surface area contributed by atoms with E-state index in [1.165, 1.54) is 13.8 Å². The average molecular weight is 188 g/mol. The molecule has 76 valence electrons. The Hall–Kier alpha value is -0.900. The summed E-state index contributed by atoms with van der Waals surface area (Å²) in [5.41, 5.74) is 0. The van der Waals surface area contributed by atoms with Crippen molar-refractivity contribution in [3.05, 3.63) is 0 Å². The molecule has 1 unspecified atom stereocenters. The Kier molecular flexibility index (Phi) is 6.14. The molecule has 13 heavy (non-hydrogen) atoms. The largest absolute Gasteiger partial charge is 0.463 e. The third kappa shape index (κ3) is 5.36. The fourth-order valence-corrected chi connectivity index (χ4v) is 0.636. The maximum Gasteiger partial charge on any atom is 0.316 e. The number of rotatable bonds is 6. The second-order valence-electron chi connectivity index (χ2n) is 2.70. The summed E-state index contributed by atoms with van der Waals surface area (Å²) in [6.45, 7) is 5.96. The molecule has 0 aromatic carbocycles. The van der Waals surface area contributed by atoms with Gasteiger partial charge in [-0.05, 0) is 20.8 Å². The van der Waals surface area contributed by atoms with Crippen molar-refractivity contribution in [3.63, 3.8) is 0 Å². The van der Waals surface area contributed by atoms with E-state index in [0.717, 1.165) is 0 Å². The van der Waals surface area contributed by atoms with Crippen LogP contribution in [0.1, 0.15) is 20.8 Å². The topological polar surface area (TPSA) is 52.6 Å². The highest BCUT2D eigenvalue weighted by atomic mass is 16.6. The summed E-state index contributed by atoms with van der Waals surface area (Å²) in [6, 6.07) is 0. The van der Waals surface area contributed by atoms with Crippen molar-refractivity contribution in [2.24, 2.45) is 5.92 Å². The lowest BCUT2D eigenvalue weighted by atomic mass is 10.1. The third-order valence-electron chi connectivity index (χ3n) is 1.64. The summed E-state index contributed by atoms with van der Waals surface area (Å²) >= 11 is 0. The highest BCUT2D eigenvalue weighted by molar-refractivity contribution is 5.97. The minimum absolute atomic E-state index is 0.179. The number of ether oxygens (including phenoxy) is 2. The SMILES string of the molecule is CCOCCOC(=O)C(C)C(C)=O. The van der Waals surface area contributed by atoms with E-state index in [4.69, 9.17) is 9.47 Å². The first-order valence-corrected chi connectivity index (χ1v) is 4.34. The van der Waals surface area contributed by atoms with Gasteiger partial charge in [-0.3, -0.25) is 9.59 Å². The van der Waals surface area contributed by atoms with Crippen LogP contribution in [0.3, 0.4) is 0 Å². The molecule has 0 saturated heterocycles. The van der Waals surface area contributed by atoms with E-state index in [1.807, 2.05) is 6.92 Å². The fraction of sp³-hybridized carbons (Fsp3) is 0.778. The molecule has 0 aliphatic heterocycles. The average Bonchev–Trinajstić information content (AvgIpc) is 2.10. The highest BCUT2D eigenvalue weighted by Crippen LogP contribution is 1.99. The van der Waals surface area contributed by atoms with E-state index in [9.17, 15) is 9.59 Å². The number of carbonyl (C=O) groups is 2. The van der Waals surface area contributed by atoms with Crippen molar-refractivity contribution in [1.29, 1.82) is 0 Å². The molecule has 0 N–H and O–H groups in total. The van der Waals surface area contributed by atoms with Gasteiger partial charge in [0.1, 0.15) is 18.3 Å². The predicted molar refractivity (Wildman–Crippen MR) is 47.3 cm³/mol. The maximum absolute atomic E-state index is 11.0. The van der Waals surface area contributed by atoms with Gasteiger partial charge in [0, 0.05) is 6.61 Å². The molecular formula is C9H16O4. The van der Waals surface area contributed by atoms with Crippen LogP contribution in [0.25, 0.3) is 0 Å². The summed E-state index contributed by atoms with van der Waals surface area (Å²) in [7, 11) is 0. The second kappa shape index (κ2) is 6.60. The van der Waals surface area contributed by atoms with Gasteiger partial charge in [0.25, 0.3) is 0 Å². The van der Waals surface area contributed by atoms with Crippen LogP contribution in [0.4, 0.5) is 0 Å². The zero-order valence-electron chi connectivity index (χ0n) is 8.33. The van der Waals surface area contributed by atoms with Gasteiger partial charge >= 0.3 is 5.97 Å². The molecule has 0 rings (SSSR count). The molecule has 0 spiro atoms. The summed E-state index contributed by atoms with van der Waals surface area (Å²) in [6.07, 6.45) is 0. The lowest BCUT2D eigenvalue weighted by Gasteiger charge is -2.07. The maximum atomic E-state index is 11.0. The number of hydrogen-bond acceptors (Lipinski definition) is 4. The molecule has 4 heteroatoms. The Labute approximate surface area is 78.2 Å². The molecular weight excluding hydrogens is 172 g/mol. The molecule has 0 aliphatic carbocycles. The van der Waals surface area contributed by atoms with Gasteiger partial charge in [-0.25, -0.2) is 0 Å². The smallest absolute Gasteiger partial charge is 0.316 e. The molecule has 0 heterocycles. The number of hydrogen-bond donors (Lipinski definition) is 0. The fourth-order valence-electron chi connectivity index (χ4n) is 0.636. The highest BCUT2D eigenvalue weighted by Gasteiger charge is 2.18. The van der Waals surface area contributed by atoms with Gasteiger partial charge in [-0.1, -0.05) is 0 Å². The zero-order valence-corrected chi connectivity index (χ0v) is 8.33. The van der Waals surface area contributed by atoms with Crippen molar-refractivity contribution in [2.45, 2.75) is 20.8 Å². The molecule has 0 aromatic rings. The first-order valence-electron chi connectivity index (χ1n) is 4.34. The monoisotopic (exact) mass is 188 g/mol. The molecule has 0 bridgehead atoms. The van der Waals surface area contributed by atoms with Crippen molar-refractivity contribution >= 4 is 11.8 Å². The normalized spacial score (nSPS) is 12.2. The van der Waals surface area contributed by atoms with E-state index in [-0.39, 0.29) is 12.4 Å². The van der Waals surface area contributed by atoms with Crippen LogP contribution in [-0.4, -0.2) is 31.6 Å². The van der Waals surface area contributed by atoms with Gasteiger partial charge in [0.05, 0.1) is 6.61 Å². The Morgan fingerprint density at radius 3 is 2.38 bits per heavy atom. The van der Waals surface area contributed by atoms with Gasteiger partial charge in [-0.15, -0.1) is 0 Å². The first-order chi connectivity index (χ1) is 6.09. The Bertz CT molecular complexity index is 176. The summed E-state index contributed by atoms with van der Waals surface area (Å²) < 4.78 is 9.74. The number of carbonyl (C=O) groups excluding carboxylic acids is 2. The second-order valence-corrected chi connectivity index (χ2v) is 2.70. The Morgan fingerprint density at radius 1 is 1.31 bits per heavy atom. The standard InChI is InChI=1S/C9H16O4/c1-4-12-5-6-13-9(11)7(2)8(3)10/h7H,4-6H2,1-3H3. The van der Waals surface area contributed by atoms with E-state index in [0.29, 0.717) is 13.2 Å². The minimum Gasteiger partial charge on any atom is -0.463 e. The molecule has 1 atom stereocenters. The van der Waals surface area contributed by atoms with Crippen LogP contribution < -0.4 is 0 Å². The molecule has 0 aromatic heterocycles. The third-order valence-corrected chi connectivity index (χ3v) is 1.64. The lowest BCUT2D eigenvalue weighted by molar-refractivity contribution is -0.152. The van der Waals surface area contributed by atoms with Crippen molar-refractivity contribution in [2.75, 3.05) is 19.8 Å². The zero-order chi connectivity index (χ0) is 10.3. The predicted octanol–water partition coefficient (Wildman–Crippen LogP) is 0.791. The van der Waals surface area contributed by atoms with Crippen LogP contribution in [0.5, 0.6) is 0 Å². The van der Waals surface area contributed by atoms with Gasteiger partial charge < -0.3 is 9.47 Å². The van der Waals surface area contributed by atoms with Crippen molar-refractivity contribution in [1.82, 2.24) is 0 Å². The summed E-state index contributed by atoms with van der Waals surface area (Å²) in [4.78, 5) is 21.8. The van der Waals surface area contributed by atoms with E-state index in [1.54, 1.807) is 0 Å². The molecule has 4 nitrogen and oxygen atoms in total. The number of Topliss-reactive ketones (excluding diaryl/α,β-unsaturated/α-hetero) is 1. The summed E-state index contributed by atoms with van der Waals surface area (Å²) in [5.74, 6) is -1.32. The Balaban J connectivity index is 3.56. The lowest BCUT2D eigenvalue weighted by Crippen LogP contribution is -2.22. The number of esters is 1. The van der Waals surface area contributed by atoms with Crippen molar-refractivity contribution < 1.29 is 19.1 Å². The van der Waals surface area contributed by atoms with Gasteiger partial charge in [0.2, 0.25) is 0 Å². The van der Waals surface area contributed by atoms with Crippen LogP contribution in [0.2, 0.25) is 0 Å². The molecule has 0 radical (unpaired) electrons. The van der Waals surface area contributed by atoms with Crippen LogP contribution in [0.15, 0.2) is 0 Å². The van der Waals surface area contributed by atoms with E-state index in [2.05, 4.69) is 0 Å². The first kappa shape index (κ1) is 12.1. The number of ketones is 1. The summed E-state index contributed by atoms with van der Waals surface area (Å²) in [5, 5.41) is 0. The van der Waals surface area contributed by atoms with Crippen LogP contribution in [0, 0.1) is 5.92 Å². The van der Waals surface area contributed by atoms with Crippen LogP contribution in [-0.2, 0) is 19.1 Å². The molecule has 0 fully saturated rings. The molecule has 0 saturated carbocycles. The molecule has 0 amide bonds. The van der Waals surface area contributed by atoms with Gasteiger partial charge in [-0.2, -0.15) is 0 Å². The van der Waals surface area contributed by atoms with Crippen LogP contribution >= 0.6 is 0 Å². The Morgan fingerprint density at radius 2 is 1.92 bits per heavy atom. The van der Waals surface area contributed by atoms with Gasteiger partial charge in [0.15, 0.2) is 0 Å². The molecule has 0 aliphatic rings. The quantitative estimate of drug-likeness (QED) is 0.351. The minimum atomic E-state index is -0.665. The van der Waals surface area contributed by atoms with Crippen molar-refractivity contribution in [3.8, 4) is 0 Å².